The van der Waals surface area contributed by atoms with Crippen LogP contribution in [0.5, 0.6) is 0 Å². The minimum Gasteiger partial charge on any atom is -0.480 e. The second-order valence-electron chi connectivity index (χ2n) is 3.48. The summed E-state index contributed by atoms with van der Waals surface area (Å²) in [6, 6.07) is -1.08. The number of carboxylic acids is 1. The molecule has 7 heteroatoms. The first-order chi connectivity index (χ1) is 7.82. The van der Waals surface area contributed by atoms with Crippen molar-refractivity contribution in [2.45, 2.75) is 32.7 Å². The molecule has 0 aromatic rings. The number of amides is 1. The molecule has 0 aliphatic rings. The van der Waals surface area contributed by atoms with Crippen LogP contribution in [0.4, 0.5) is 0 Å². The second-order valence-corrected chi connectivity index (χ2v) is 4.55. The average Bonchev–Trinajstić information content (AvgIpc) is 2.20. The zero-order chi connectivity index (χ0) is 13.4. The van der Waals surface area contributed by atoms with Gasteiger partial charge in [-0.05, 0) is 6.92 Å². The maximum atomic E-state index is 11.3. The molecule has 6 nitrogen and oxygen atoms in total. The van der Waals surface area contributed by atoms with E-state index in [-0.39, 0.29) is 29.5 Å². The number of ketones is 1. The van der Waals surface area contributed by atoms with Crippen molar-refractivity contribution in [3.63, 3.8) is 0 Å². The van der Waals surface area contributed by atoms with E-state index in [0.717, 1.165) is 11.8 Å². The van der Waals surface area contributed by atoms with Crippen molar-refractivity contribution in [1.82, 2.24) is 5.32 Å². The summed E-state index contributed by atoms with van der Waals surface area (Å²) in [5, 5.41) is 10.7. The van der Waals surface area contributed by atoms with Crippen molar-refractivity contribution in [3.05, 3.63) is 0 Å². The van der Waals surface area contributed by atoms with Gasteiger partial charge in [-0.15, -0.1) is 0 Å². The lowest BCUT2D eigenvalue weighted by atomic mass is 10.2. The molecule has 0 aliphatic carbocycles. The Bertz CT molecular complexity index is 329. The molecule has 0 radical (unpaired) electrons. The number of Topliss-reactive ketones (excluding diaryl/α,β-unsaturated/α-hetero) is 1. The second kappa shape index (κ2) is 7.83. The van der Waals surface area contributed by atoms with Gasteiger partial charge in [0.25, 0.3) is 0 Å². The Balaban J connectivity index is 4.04. The molecule has 1 atom stereocenters. The van der Waals surface area contributed by atoms with Gasteiger partial charge in [-0.1, -0.05) is 11.8 Å². The van der Waals surface area contributed by atoms with Crippen LogP contribution >= 0.6 is 11.8 Å². The van der Waals surface area contributed by atoms with Crippen LogP contribution in [0.1, 0.15) is 26.7 Å². The highest BCUT2D eigenvalue weighted by molar-refractivity contribution is 8.13. The normalized spacial score (nSPS) is 11.6. The molecular weight excluding hydrogens is 246 g/mol. The van der Waals surface area contributed by atoms with Gasteiger partial charge in [0.15, 0.2) is 5.12 Å². The van der Waals surface area contributed by atoms with Crippen LogP contribution < -0.4 is 5.32 Å². The zero-order valence-electron chi connectivity index (χ0n) is 9.69. The SMILES string of the molecule is CC(=O)CCC(=O)SCC(NC(C)=O)C(=O)O. The maximum Gasteiger partial charge on any atom is 0.327 e. The molecule has 17 heavy (non-hydrogen) atoms. The van der Waals surface area contributed by atoms with Gasteiger partial charge in [-0.25, -0.2) is 4.79 Å². The molecule has 0 saturated heterocycles. The van der Waals surface area contributed by atoms with Crippen molar-refractivity contribution < 1.29 is 24.3 Å². The fourth-order valence-electron chi connectivity index (χ4n) is 0.947. The van der Waals surface area contributed by atoms with Crippen molar-refractivity contribution in [2.75, 3.05) is 5.75 Å². The molecule has 2 N–H and O–H groups in total. The van der Waals surface area contributed by atoms with Gasteiger partial charge in [0.05, 0.1) is 0 Å². The van der Waals surface area contributed by atoms with E-state index in [1.807, 2.05) is 0 Å². The van der Waals surface area contributed by atoms with Crippen molar-refractivity contribution >= 4 is 34.5 Å². The Morgan fingerprint density at radius 2 is 1.76 bits per heavy atom. The molecule has 0 aliphatic heterocycles. The summed E-state index contributed by atoms with van der Waals surface area (Å²) in [7, 11) is 0. The standard InChI is InChI=1S/C10H15NO5S/c1-6(12)3-4-9(14)17-5-8(10(15)16)11-7(2)13/h8H,3-5H2,1-2H3,(H,11,13)(H,15,16). The van der Waals surface area contributed by atoms with E-state index in [2.05, 4.69) is 5.32 Å². The number of hydrogen-bond acceptors (Lipinski definition) is 5. The molecule has 0 aromatic carbocycles. The fourth-order valence-corrected chi connectivity index (χ4v) is 1.77. The Labute approximate surface area is 103 Å². The predicted octanol–water partition coefficient (Wildman–Crippen LogP) is 0.205. The van der Waals surface area contributed by atoms with Crippen LogP contribution in [0.3, 0.4) is 0 Å². The van der Waals surface area contributed by atoms with Crippen molar-refractivity contribution in [3.8, 4) is 0 Å². The van der Waals surface area contributed by atoms with E-state index in [9.17, 15) is 19.2 Å². The molecule has 0 saturated carbocycles. The van der Waals surface area contributed by atoms with Crippen LogP contribution in [0.25, 0.3) is 0 Å². The van der Waals surface area contributed by atoms with Crippen LogP contribution in [0, 0.1) is 0 Å². The van der Waals surface area contributed by atoms with E-state index < -0.39 is 17.9 Å². The highest BCUT2D eigenvalue weighted by atomic mass is 32.2. The summed E-state index contributed by atoms with van der Waals surface area (Å²) in [6.07, 6.45) is 0.246. The minimum atomic E-state index is -1.19. The van der Waals surface area contributed by atoms with E-state index in [1.54, 1.807) is 0 Å². The van der Waals surface area contributed by atoms with Gasteiger partial charge in [0, 0.05) is 25.5 Å². The number of thioether (sulfide) groups is 1. The van der Waals surface area contributed by atoms with Crippen LogP contribution in [-0.2, 0) is 19.2 Å². The number of nitrogens with one attached hydrogen (secondary N) is 1. The van der Waals surface area contributed by atoms with Gasteiger partial charge in [0.1, 0.15) is 11.8 Å². The molecule has 0 rings (SSSR count). The van der Waals surface area contributed by atoms with Gasteiger partial charge >= 0.3 is 5.97 Å². The van der Waals surface area contributed by atoms with Crippen LogP contribution in [0.2, 0.25) is 0 Å². The highest BCUT2D eigenvalue weighted by Crippen LogP contribution is 2.09. The first-order valence-electron chi connectivity index (χ1n) is 4.98. The first-order valence-corrected chi connectivity index (χ1v) is 5.96. The molecule has 0 fully saturated rings. The molecule has 0 heterocycles. The molecule has 0 bridgehead atoms. The summed E-state index contributed by atoms with van der Waals surface area (Å²) in [5.41, 5.74) is 0. The topological polar surface area (TPSA) is 101 Å². The van der Waals surface area contributed by atoms with E-state index in [1.165, 1.54) is 13.8 Å². The molecule has 1 amide bonds. The summed E-state index contributed by atoms with van der Waals surface area (Å²) < 4.78 is 0. The third kappa shape index (κ3) is 8.44. The molecular formula is C10H15NO5S. The number of hydrogen-bond donors (Lipinski definition) is 2. The Morgan fingerprint density at radius 1 is 1.18 bits per heavy atom. The summed E-state index contributed by atoms with van der Waals surface area (Å²) >= 11 is 0.810. The van der Waals surface area contributed by atoms with Gasteiger partial charge < -0.3 is 15.2 Å². The van der Waals surface area contributed by atoms with Crippen LogP contribution in [-0.4, -0.2) is 39.7 Å². The molecule has 96 valence electrons. The number of rotatable bonds is 7. The molecule has 0 aromatic heterocycles. The lowest BCUT2D eigenvalue weighted by Gasteiger charge is -2.11. The summed E-state index contributed by atoms with van der Waals surface area (Å²) in [5.74, 6) is -1.78. The predicted molar refractivity (Wildman–Crippen MR) is 62.6 cm³/mol. The quantitative estimate of drug-likeness (QED) is 0.679. The highest BCUT2D eigenvalue weighted by Gasteiger charge is 2.19. The first kappa shape index (κ1) is 15.6. The maximum absolute atomic E-state index is 11.3. The molecule has 1 unspecified atom stereocenters. The fraction of sp³-hybridized carbons (Fsp3) is 0.600. The summed E-state index contributed by atoms with van der Waals surface area (Å²) in [6.45, 7) is 2.59. The average molecular weight is 261 g/mol. The van der Waals surface area contributed by atoms with E-state index in [4.69, 9.17) is 5.11 Å². The third-order valence-electron chi connectivity index (χ3n) is 1.77. The Morgan fingerprint density at radius 3 is 2.18 bits per heavy atom. The molecule has 0 spiro atoms. The number of carbonyl (C=O) groups excluding carboxylic acids is 3. The van der Waals surface area contributed by atoms with Crippen molar-refractivity contribution in [1.29, 1.82) is 0 Å². The van der Waals surface area contributed by atoms with E-state index in [0.29, 0.717) is 0 Å². The van der Waals surface area contributed by atoms with Crippen LogP contribution in [0.15, 0.2) is 0 Å². The van der Waals surface area contributed by atoms with Gasteiger partial charge in [0.2, 0.25) is 5.91 Å². The number of carboxylic acid groups (broad SMARTS) is 1. The van der Waals surface area contributed by atoms with E-state index >= 15 is 0 Å². The van der Waals surface area contributed by atoms with Gasteiger partial charge in [-0.3, -0.25) is 9.59 Å². The Kier molecular flexibility index (Phi) is 7.20. The number of aliphatic carboxylic acids is 1. The largest absolute Gasteiger partial charge is 0.480 e. The van der Waals surface area contributed by atoms with Gasteiger partial charge in [-0.2, -0.15) is 0 Å². The van der Waals surface area contributed by atoms with Crippen molar-refractivity contribution in [2.24, 2.45) is 0 Å². The summed E-state index contributed by atoms with van der Waals surface area (Å²) in [4.78, 5) is 43.3. The monoisotopic (exact) mass is 261 g/mol. The Hall–Kier alpha value is -1.37. The smallest absolute Gasteiger partial charge is 0.327 e. The minimum absolute atomic E-state index is 0.0361. The lowest BCUT2D eigenvalue weighted by molar-refractivity contribution is -0.140. The third-order valence-corrected chi connectivity index (χ3v) is 2.79. The number of carbonyl (C=O) groups is 4. The zero-order valence-corrected chi connectivity index (χ0v) is 10.5. The lowest BCUT2D eigenvalue weighted by Crippen LogP contribution is -2.41.